The van der Waals surface area contributed by atoms with Crippen molar-refractivity contribution in [1.82, 2.24) is 4.90 Å². The molecule has 3 rings (SSSR count). The lowest BCUT2D eigenvalue weighted by Gasteiger charge is -2.46. The zero-order valence-corrected chi connectivity index (χ0v) is 23.2. The number of esters is 4. The van der Waals surface area contributed by atoms with Gasteiger partial charge in [-0.3, -0.25) is 28.9 Å². The molecule has 0 unspecified atom stereocenters. The fourth-order valence-electron chi connectivity index (χ4n) is 3.94. The summed E-state index contributed by atoms with van der Waals surface area (Å²) in [6.07, 6.45) is -1.72. The molecule has 13 heteroatoms. The molecule has 1 aromatic carbocycles. The van der Waals surface area contributed by atoms with Crippen LogP contribution in [0.3, 0.4) is 0 Å². The molecule has 0 spiro atoms. The molecule has 0 aromatic heterocycles. The van der Waals surface area contributed by atoms with E-state index in [1.54, 1.807) is 18.2 Å². The van der Waals surface area contributed by atoms with E-state index >= 15 is 0 Å². The van der Waals surface area contributed by atoms with E-state index in [1.807, 2.05) is 30.3 Å². The average Bonchev–Trinajstić information content (AvgIpc) is 3.13. The highest BCUT2D eigenvalue weighted by Gasteiger charge is 2.56. The molecule has 1 amide bonds. The topological polar surface area (TPSA) is 135 Å². The summed E-state index contributed by atoms with van der Waals surface area (Å²) in [5.41, 5.74) is 0.920. The Balaban J connectivity index is 1.99. The van der Waals surface area contributed by atoms with Crippen LogP contribution >= 0.6 is 24.0 Å². The molecule has 0 bridgehead atoms. The Morgan fingerprint density at radius 1 is 0.923 bits per heavy atom. The number of benzene rings is 1. The Morgan fingerprint density at radius 2 is 1.51 bits per heavy atom. The summed E-state index contributed by atoms with van der Waals surface area (Å²) in [6, 6.07) is 9.43. The van der Waals surface area contributed by atoms with Crippen LogP contribution in [0.4, 0.5) is 0 Å². The second-order valence-corrected chi connectivity index (χ2v) is 10.1. The van der Waals surface area contributed by atoms with Gasteiger partial charge in [0.15, 0.2) is 28.9 Å². The first-order valence-corrected chi connectivity index (χ1v) is 13.0. The van der Waals surface area contributed by atoms with Crippen LogP contribution < -0.4 is 0 Å². The third-order valence-corrected chi connectivity index (χ3v) is 6.73. The summed E-state index contributed by atoms with van der Waals surface area (Å²) in [7, 11) is 0. The third kappa shape index (κ3) is 7.97. The molecule has 2 fully saturated rings. The van der Waals surface area contributed by atoms with Gasteiger partial charge in [-0.25, -0.2) is 0 Å². The van der Waals surface area contributed by atoms with Gasteiger partial charge >= 0.3 is 23.9 Å². The molecule has 11 nitrogen and oxygen atoms in total. The van der Waals surface area contributed by atoms with Crippen LogP contribution in [0.2, 0.25) is 0 Å². The van der Waals surface area contributed by atoms with Crippen LogP contribution in [0.5, 0.6) is 0 Å². The van der Waals surface area contributed by atoms with E-state index in [0.29, 0.717) is 0 Å². The number of nitrogens with zero attached hydrogens (tertiary/aromatic N) is 1. The van der Waals surface area contributed by atoms with Crippen molar-refractivity contribution in [3.05, 3.63) is 53.0 Å². The van der Waals surface area contributed by atoms with Crippen LogP contribution in [-0.2, 0) is 47.7 Å². The van der Waals surface area contributed by atoms with Crippen molar-refractivity contribution in [1.29, 1.82) is 0 Å². The largest absolute Gasteiger partial charge is 0.463 e. The summed E-state index contributed by atoms with van der Waals surface area (Å²) in [5.74, 6) is -3.52. The van der Waals surface area contributed by atoms with Gasteiger partial charge in [-0.1, -0.05) is 66.5 Å². The lowest BCUT2D eigenvalue weighted by atomic mass is 9.96. The quantitative estimate of drug-likeness (QED) is 0.194. The number of ether oxygens (including phenoxy) is 5. The minimum absolute atomic E-state index is 0.0836. The summed E-state index contributed by atoms with van der Waals surface area (Å²) in [4.78, 5) is 62.4. The molecule has 0 saturated carbocycles. The van der Waals surface area contributed by atoms with Crippen molar-refractivity contribution >= 4 is 64.2 Å². The van der Waals surface area contributed by atoms with Crippen molar-refractivity contribution in [3.8, 4) is 0 Å². The molecule has 2 saturated heterocycles. The van der Waals surface area contributed by atoms with Crippen LogP contribution in [0.1, 0.15) is 33.3 Å². The number of carbonyl (C=O) groups is 5. The van der Waals surface area contributed by atoms with E-state index in [1.165, 1.54) is 6.92 Å². The second-order valence-electron chi connectivity index (χ2n) is 8.43. The smallest absolute Gasteiger partial charge is 0.303 e. The van der Waals surface area contributed by atoms with Gasteiger partial charge in [0.05, 0.1) is 4.91 Å². The van der Waals surface area contributed by atoms with E-state index < -0.39 is 67.0 Å². The zero-order valence-electron chi connectivity index (χ0n) is 21.6. The molecule has 39 heavy (non-hydrogen) atoms. The van der Waals surface area contributed by atoms with Gasteiger partial charge in [0, 0.05) is 27.7 Å². The third-order valence-electron chi connectivity index (χ3n) is 5.38. The molecule has 208 valence electrons. The van der Waals surface area contributed by atoms with Gasteiger partial charge in [-0.15, -0.1) is 0 Å². The zero-order chi connectivity index (χ0) is 28.7. The predicted molar refractivity (Wildman–Crippen MR) is 143 cm³/mol. The van der Waals surface area contributed by atoms with E-state index in [0.717, 1.165) is 43.0 Å². The monoisotopic (exact) mass is 577 g/mol. The lowest BCUT2D eigenvalue weighted by Crippen LogP contribution is -2.66. The highest BCUT2D eigenvalue weighted by molar-refractivity contribution is 8.26. The Hall–Kier alpha value is -3.55. The van der Waals surface area contributed by atoms with Gasteiger partial charge in [0.25, 0.3) is 5.91 Å². The lowest BCUT2D eigenvalue weighted by molar-refractivity contribution is -0.268. The maximum atomic E-state index is 13.5. The van der Waals surface area contributed by atoms with E-state index in [4.69, 9.17) is 35.9 Å². The second kappa shape index (κ2) is 13.5. The summed E-state index contributed by atoms with van der Waals surface area (Å²) >= 11 is 6.46. The number of carbonyl (C=O) groups excluding carboxylic acids is 5. The number of amides is 1. The highest BCUT2D eigenvalue weighted by Crippen LogP contribution is 2.38. The number of thioether (sulfide) groups is 1. The summed E-state index contributed by atoms with van der Waals surface area (Å²) < 4.78 is 27.5. The molecule has 2 aliphatic heterocycles. The standard InChI is InChI=1S/C26H27NO10S2/c1-14(28)33-13-19-21(34-15(2)29)22(35-16(3)30)23(36-17(4)31)25(37-19)27-24(32)20(39-26(27)38)12-8-11-18-9-6-5-7-10-18/h5-12,19,21-23,25H,13H2,1-4H3/b11-8+,20-12+/t19-,21+,22-,23+,25-/m0/s1. The minimum atomic E-state index is -1.44. The first kappa shape index (κ1) is 30.0. The molecular weight excluding hydrogens is 550 g/mol. The molecule has 0 radical (unpaired) electrons. The number of rotatable bonds is 8. The Bertz CT molecular complexity index is 1200. The molecule has 1 aromatic rings. The molecule has 5 atom stereocenters. The average molecular weight is 578 g/mol. The van der Waals surface area contributed by atoms with Crippen molar-refractivity contribution in [3.63, 3.8) is 0 Å². The van der Waals surface area contributed by atoms with Crippen molar-refractivity contribution in [2.24, 2.45) is 0 Å². The summed E-state index contributed by atoms with van der Waals surface area (Å²) in [6.45, 7) is 4.10. The molecular formula is C26H27NO10S2. The molecule has 0 aliphatic carbocycles. The first-order chi connectivity index (χ1) is 18.5. The molecule has 2 aliphatic rings. The van der Waals surface area contributed by atoms with E-state index in [2.05, 4.69) is 0 Å². The number of hydrogen-bond donors (Lipinski definition) is 0. The van der Waals surface area contributed by atoms with Gasteiger partial charge in [-0.05, 0) is 11.6 Å². The van der Waals surface area contributed by atoms with E-state index in [9.17, 15) is 24.0 Å². The maximum absolute atomic E-state index is 13.5. The van der Waals surface area contributed by atoms with Crippen LogP contribution in [0, 0.1) is 0 Å². The minimum Gasteiger partial charge on any atom is -0.463 e. The Labute approximate surface area is 234 Å². The van der Waals surface area contributed by atoms with Gasteiger partial charge in [0.2, 0.25) is 0 Å². The van der Waals surface area contributed by atoms with Crippen LogP contribution in [-0.4, -0.2) is 76.3 Å². The van der Waals surface area contributed by atoms with Gasteiger partial charge in [-0.2, -0.15) is 0 Å². The fourth-order valence-corrected chi connectivity index (χ4v) is 5.20. The van der Waals surface area contributed by atoms with Crippen LogP contribution in [0.15, 0.2) is 47.4 Å². The SMILES string of the molecule is CC(=O)OC[C@@H]1O[C@H](N2C(=O)/C(=C\C=C\c3ccccc3)SC2=S)[C@H](OC(C)=O)[C@@H](OC(C)=O)[C@@H]1OC(C)=O. The Kier molecular flexibility index (Phi) is 10.4. The fraction of sp³-hybridized carbons (Fsp3) is 0.385. The van der Waals surface area contributed by atoms with Crippen molar-refractivity contribution < 1.29 is 47.7 Å². The first-order valence-electron chi connectivity index (χ1n) is 11.8. The van der Waals surface area contributed by atoms with Crippen molar-refractivity contribution in [2.75, 3.05) is 6.61 Å². The molecule has 2 heterocycles. The predicted octanol–water partition coefficient (Wildman–Crippen LogP) is 2.53. The van der Waals surface area contributed by atoms with Gasteiger partial charge in [0.1, 0.15) is 12.7 Å². The Morgan fingerprint density at radius 3 is 2.10 bits per heavy atom. The number of thiocarbonyl (C=S) groups is 1. The molecule has 0 N–H and O–H groups in total. The highest BCUT2D eigenvalue weighted by atomic mass is 32.2. The van der Waals surface area contributed by atoms with Crippen molar-refractivity contribution in [2.45, 2.75) is 58.3 Å². The van der Waals surface area contributed by atoms with Gasteiger partial charge < -0.3 is 23.7 Å². The van der Waals surface area contributed by atoms with Crippen LogP contribution in [0.25, 0.3) is 6.08 Å². The number of hydrogen-bond acceptors (Lipinski definition) is 12. The maximum Gasteiger partial charge on any atom is 0.303 e. The number of allylic oxidation sites excluding steroid dienone is 2. The summed E-state index contributed by atoms with van der Waals surface area (Å²) in [5, 5.41) is 0. The normalized spacial score (nSPS) is 26.0. The van der Waals surface area contributed by atoms with E-state index in [-0.39, 0.29) is 9.23 Å².